The zero-order chi connectivity index (χ0) is 13.4. The number of carbonyl (C=O) groups is 1. The number of carbonyl (C=O) groups excluding carboxylic acids is 1. The normalized spacial score (nSPS) is 10.2. The lowest BCUT2D eigenvalue weighted by Gasteiger charge is -2.07. The zero-order valence-corrected chi connectivity index (χ0v) is 11.1. The summed E-state index contributed by atoms with van der Waals surface area (Å²) in [5, 5.41) is 5.96. The minimum absolute atomic E-state index is 0.120. The van der Waals surface area contributed by atoms with Gasteiger partial charge in [0.15, 0.2) is 0 Å². The van der Waals surface area contributed by atoms with Crippen molar-refractivity contribution in [3.8, 4) is 0 Å². The molecule has 0 radical (unpaired) electrons. The monoisotopic (exact) mass is 247 g/mol. The van der Waals surface area contributed by atoms with Crippen molar-refractivity contribution in [3.63, 3.8) is 0 Å². The highest BCUT2D eigenvalue weighted by molar-refractivity contribution is 5.92. The van der Waals surface area contributed by atoms with Crippen LogP contribution in [0.4, 0.5) is 5.69 Å². The lowest BCUT2D eigenvalue weighted by atomic mass is 10.1. The van der Waals surface area contributed by atoms with Crippen LogP contribution in [0.2, 0.25) is 0 Å². The highest BCUT2D eigenvalue weighted by Gasteiger charge is 2.06. The van der Waals surface area contributed by atoms with Crippen LogP contribution in [0.3, 0.4) is 0 Å². The molecule has 98 valence electrons. The van der Waals surface area contributed by atoms with E-state index in [1.165, 1.54) is 0 Å². The van der Waals surface area contributed by atoms with Crippen molar-refractivity contribution in [2.75, 3.05) is 18.4 Å². The lowest BCUT2D eigenvalue weighted by Crippen LogP contribution is -2.26. The van der Waals surface area contributed by atoms with Crippen molar-refractivity contribution in [1.82, 2.24) is 10.3 Å². The van der Waals surface area contributed by atoms with E-state index in [1.54, 1.807) is 18.3 Å². The van der Waals surface area contributed by atoms with Crippen molar-refractivity contribution < 1.29 is 4.79 Å². The molecule has 1 heterocycles. The number of pyridine rings is 1. The Morgan fingerprint density at radius 1 is 1.50 bits per heavy atom. The van der Waals surface area contributed by atoms with Crippen LogP contribution < -0.4 is 10.6 Å². The maximum Gasteiger partial charge on any atom is 0.269 e. The third-order valence-corrected chi connectivity index (χ3v) is 2.45. The summed E-state index contributed by atoms with van der Waals surface area (Å²) in [5.74, 6) is 0.467. The molecular formula is C14H21N3O. The van der Waals surface area contributed by atoms with E-state index in [9.17, 15) is 4.79 Å². The Labute approximate surface area is 109 Å². The van der Waals surface area contributed by atoms with Crippen LogP contribution in [0.1, 0.15) is 30.8 Å². The molecule has 0 saturated heterocycles. The number of hydrogen-bond acceptors (Lipinski definition) is 3. The maximum absolute atomic E-state index is 11.7. The van der Waals surface area contributed by atoms with Gasteiger partial charge in [0, 0.05) is 13.1 Å². The van der Waals surface area contributed by atoms with Gasteiger partial charge in [0.05, 0.1) is 11.9 Å². The molecule has 0 aliphatic rings. The van der Waals surface area contributed by atoms with Gasteiger partial charge < -0.3 is 10.6 Å². The van der Waals surface area contributed by atoms with Gasteiger partial charge >= 0.3 is 0 Å². The molecule has 4 nitrogen and oxygen atoms in total. The van der Waals surface area contributed by atoms with Crippen LogP contribution >= 0.6 is 0 Å². The Kier molecular flexibility index (Phi) is 5.91. The Hall–Kier alpha value is -1.84. The molecule has 0 bridgehead atoms. The lowest BCUT2D eigenvalue weighted by molar-refractivity contribution is 0.0947. The number of hydrogen-bond donors (Lipinski definition) is 2. The van der Waals surface area contributed by atoms with Crippen molar-refractivity contribution in [3.05, 3.63) is 36.7 Å². The molecule has 18 heavy (non-hydrogen) atoms. The Morgan fingerprint density at radius 3 is 2.83 bits per heavy atom. The summed E-state index contributed by atoms with van der Waals surface area (Å²) in [5.41, 5.74) is 1.33. The van der Waals surface area contributed by atoms with Gasteiger partial charge in [-0.1, -0.05) is 19.9 Å². The minimum atomic E-state index is -0.120. The van der Waals surface area contributed by atoms with E-state index in [4.69, 9.17) is 0 Å². The summed E-state index contributed by atoms with van der Waals surface area (Å²) >= 11 is 0. The summed E-state index contributed by atoms with van der Waals surface area (Å²) in [6.45, 7) is 9.25. The number of anilines is 1. The van der Waals surface area contributed by atoms with Crippen molar-refractivity contribution in [2.24, 2.45) is 5.92 Å². The predicted molar refractivity (Wildman–Crippen MR) is 74.7 cm³/mol. The quantitative estimate of drug-likeness (QED) is 0.728. The van der Waals surface area contributed by atoms with E-state index < -0.39 is 0 Å². The van der Waals surface area contributed by atoms with Crippen LogP contribution in [0.25, 0.3) is 0 Å². The van der Waals surface area contributed by atoms with Crippen molar-refractivity contribution >= 4 is 11.6 Å². The van der Waals surface area contributed by atoms with Crippen LogP contribution in [0.5, 0.6) is 0 Å². The molecule has 1 aromatic rings. The van der Waals surface area contributed by atoms with Crippen LogP contribution in [-0.2, 0) is 0 Å². The highest BCUT2D eigenvalue weighted by Crippen LogP contribution is 2.06. The smallest absolute Gasteiger partial charge is 0.269 e. The van der Waals surface area contributed by atoms with Gasteiger partial charge in [0.1, 0.15) is 5.69 Å². The van der Waals surface area contributed by atoms with Crippen LogP contribution in [0, 0.1) is 5.92 Å². The topological polar surface area (TPSA) is 54.0 Å². The van der Waals surface area contributed by atoms with E-state index in [1.807, 2.05) is 6.07 Å². The average molecular weight is 247 g/mol. The highest BCUT2D eigenvalue weighted by atomic mass is 16.1. The molecule has 0 saturated carbocycles. The standard InChI is InChI=1S/C14H21N3O/c1-4-8-15-12-5-6-13(17-10-12)14(18)16-9-7-11(2)3/h4-6,10-11,15H,1,7-9H2,2-3H3,(H,16,18). The Balaban J connectivity index is 2.45. The van der Waals surface area contributed by atoms with E-state index in [-0.39, 0.29) is 5.91 Å². The van der Waals surface area contributed by atoms with Crippen LogP contribution in [-0.4, -0.2) is 24.0 Å². The summed E-state index contributed by atoms with van der Waals surface area (Å²) < 4.78 is 0. The van der Waals surface area contributed by atoms with Crippen molar-refractivity contribution in [1.29, 1.82) is 0 Å². The molecule has 0 aliphatic heterocycles. The third-order valence-electron chi connectivity index (χ3n) is 2.45. The first kappa shape index (κ1) is 14.2. The van der Waals surface area contributed by atoms with Gasteiger partial charge in [-0.2, -0.15) is 0 Å². The SMILES string of the molecule is C=CCNc1ccc(C(=O)NCCC(C)C)nc1. The largest absolute Gasteiger partial charge is 0.380 e. The minimum Gasteiger partial charge on any atom is -0.380 e. The maximum atomic E-state index is 11.7. The summed E-state index contributed by atoms with van der Waals surface area (Å²) in [6, 6.07) is 3.56. The van der Waals surface area contributed by atoms with Crippen molar-refractivity contribution in [2.45, 2.75) is 20.3 Å². The van der Waals surface area contributed by atoms with E-state index >= 15 is 0 Å². The molecule has 0 unspecified atom stereocenters. The van der Waals surface area contributed by atoms with Gasteiger partial charge in [0.2, 0.25) is 0 Å². The van der Waals surface area contributed by atoms with E-state index in [0.717, 1.165) is 12.1 Å². The average Bonchev–Trinajstić information content (AvgIpc) is 2.36. The molecule has 0 atom stereocenters. The first-order valence-corrected chi connectivity index (χ1v) is 6.22. The second kappa shape index (κ2) is 7.48. The zero-order valence-electron chi connectivity index (χ0n) is 11.1. The predicted octanol–water partition coefficient (Wildman–Crippen LogP) is 2.46. The number of aromatic nitrogens is 1. The Morgan fingerprint density at radius 2 is 2.28 bits per heavy atom. The molecular weight excluding hydrogens is 226 g/mol. The first-order chi connectivity index (χ1) is 8.63. The third kappa shape index (κ3) is 4.99. The second-order valence-corrected chi connectivity index (χ2v) is 4.54. The van der Waals surface area contributed by atoms with Gasteiger partial charge in [-0.05, 0) is 24.5 Å². The summed E-state index contributed by atoms with van der Waals surface area (Å²) in [4.78, 5) is 15.9. The number of rotatable bonds is 7. The molecule has 1 aromatic heterocycles. The molecule has 1 rings (SSSR count). The molecule has 0 aliphatic carbocycles. The number of nitrogens with zero attached hydrogens (tertiary/aromatic N) is 1. The van der Waals surface area contributed by atoms with E-state index in [0.29, 0.717) is 24.7 Å². The fourth-order valence-corrected chi connectivity index (χ4v) is 1.39. The van der Waals surface area contributed by atoms with Gasteiger partial charge in [-0.3, -0.25) is 4.79 Å². The molecule has 0 fully saturated rings. The number of amides is 1. The van der Waals surface area contributed by atoms with Gasteiger partial charge in [-0.15, -0.1) is 6.58 Å². The summed E-state index contributed by atoms with van der Waals surface area (Å²) in [6.07, 6.45) is 4.40. The van der Waals surface area contributed by atoms with Crippen LogP contribution in [0.15, 0.2) is 31.0 Å². The van der Waals surface area contributed by atoms with Gasteiger partial charge in [-0.25, -0.2) is 4.98 Å². The van der Waals surface area contributed by atoms with E-state index in [2.05, 4.69) is 36.0 Å². The summed E-state index contributed by atoms with van der Waals surface area (Å²) in [7, 11) is 0. The molecule has 1 amide bonds. The number of nitrogens with one attached hydrogen (secondary N) is 2. The first-order valence-electron chi connectivity index (χ1n) is 6.22. The molecule has 4 heteroatoms. The Bertz CT molecular complexity index is 385. The fraction of sp³-hybridized carbons (Fsp3) is 0.429. The second-order valence-electron chi connectivity index (χ2n) is 4.54. The molecule has 0 spiro atoms. The fourth-order valence-electron chi connectivity index (χ4n) is 1.39. The molecule has 0 aromatic carbocycles. The molecule has 2 N–H and O–H groups in total. The van der Waals surface area contributed by atoms with Gasteiger partial charge in [0.25, 0.3) is 5.91 Å².